The third kappa shape index (κ3) is 2.57. The Kier molecular flexibility index (Phi) is 3.41. The molecule has 1 aromatic heterocycles. The van der Waals surface area contributed by atoms with Crippen molar-refractivity contribution in [1.29, 1.82) is 5.26 Å². The van der Waals surface area contributed by atoms with Crippen LogP contribution in [-0.4, -0.2) is 34.6 Å². The Morgan fingerprint density at radius 3 is 2.36 bits per heavy atom. The highest BCUT2D eigenvalue weighted by atomic mass is 19.4. The first-order valence-corrected chi connectivity index (χ1v) is 6.73. The molecule has 0 spiro atoms. The van der Waals surface area contributed by atoms with Crippen molar-refractivity contribution in [2.24, 2.45) is 0 Å². The lowest BCUT2D eigenvalue weighted by Gasteiger charge is -2.37. The SMILES string of the molecule is CN1CC(n2cc(C(F)(F)F)nc2-c2ccc(C#N)cc2)C1. The predicted octanol–water partition coefficient (Wildman–Crippen LogP) is 2.93. The number of hydrogen-bond acceptors (Lipinski definition) is 3. The predicted molar refractivity (Wildman–Crippen MR) is 73.9 cm³/mol. The fourth-order valence-corrected chi connectivity index (χ4v) is 2.56. The fourth-order valence-electron chi connectivity index (χ4n) is 2.56. The molecule has 0 N–H and O–H groups in total. The molecule has 2 heterocycles. The summed E-state index contributed by atoms with van der Waals surface area (Å²) in [5.41, 5.74) is 0.145. The Morgan fingerprint density at radius 1 is 1.23 bits per heavy atom. The molecule has 0 radical (unpaired) electrons. The molecule has 0 aliphatic carbocycles. The van der Waals surface area contributed by atoms with Gasteiger partial charge >= 0.3 is 6.18 Å². The molecule has 22 heavy (non-hydrogen) atoms. The molecule has 2 aromatic rings. The monoisotopic (exact) mass is 306 g/mol. The van der Waals surface area contributed by atoms with Crippen LogP contribution in [0, 0.1) is 11.3 Å². The summed E-state index contributed by atoms with van der Waals surface area (Å²) in [5, 5.41) is 8.80. The van der Waals surface area contributed by atoms with Gasteiger partial charge in [0.25, 0.3) is 0 Å². The van der Waals surface area contributed by atoms with Gasteiger partial charge in [0.2, 0.25) is 0 Å². The number of likely N-dealkylation sites (tertiary alicyclic amines) is 1. The topological polar surface area (TPSA) is 44.9 Å². The molecule has 114 valence electrons. The van der Waals surface area contributed by atoms with Crippen molar-refractivity contribution < 1.29 is 13.2 Å². The van der Waals surface area contributed by atoms with Gasteiger partial charge in [0.1, 0.15) is 5.82 Å². The second kappa shape index (κ2) is 5.14. The molecular weight excluding hydrogens is 293 g/mol. The van der Waals surface area contributed by atoms with Gasteiger partial charge in [0.05, 0.1) is 17.7 Å². The summed E-state index contributed by atoms with van der Waals surface area (Å²) in [4.78, 5) is 5.80. The van der Waals surface area contributed by atoms with Crippen molar-refractivity contribution in [2.45, 2.75) is 12.2 Å². The summed E-state index contributed by atoms with van der Waals surface area (Å²) in [7, 11) is 1.92. The first-order chi connectivity index (χ1) is 10.4. The minimum absolute atomic E-state index is 0.0146. The fraction of sp³-hybridized carbons (Fsp3) is 0.333. The summed E-state index contributed by atoms with van der Waals surface area (Å²) in [6.07, 6.45) is -3.40. The lowest BCUT2D eigenvalue weighted by Crippen LogP contribution is -2.44. The molecule has 4 nitrogen and oxygen atoms in total. The number of hydrogen-bond donors (Lipinski definition) is 0. The van der Waals surface area contributed by atoms with Gasteiger partial charge in [-0.2, -0.15) is 18.4 Å². The molecule has 0 atom stereocenters. The number of rotatable bonds is 2. The Balaban J connectivity index is 2.04. The maximum atomic E-state index is 12.9. The first kappa shape index (κ1) is 14.6. The van der Waals surface area contributed by atoms with Gasteiger partial charge in [-0.05, 0) is 31.3 Å². The standard InChI is InChI=1S/C15H13F3N4/c1-21-7-12(8-21)22-9-13(15(16,17)18)20-14(22)11-4-2-10(6-19)3-5-11/h2-5,9,12H,7-8H2,1H3. The number of benzene rings is 1. The molecule has 1 fully saturated rings. The molecule has 0 bridgehead atoms. The van der Waals surface area contributed by atoms with E-state index in [9.17, 15) is 13.2 Å². The lowest BCUT2D eigenvalue weighted by molar-refractivity contribution is -0.141. The minimum Gasteiger partial charge on any atom is -0.325 e. The number of nitriles is 1. The van der Waals surface area contributed by atoms with Crippen LogP contribution in [0.15, 0.2) is 30.5 Å². The van der Waals surface area contributed by atoms with Gasteiger partial charge in [-0.1, -0.05) is 0 Å². The quantitative estimate of drug-likeness (QED) is 0.857. The van der Waals surface area contributed by atoms with Gasteiger partial charge in [-0.3, -0.25) is 0 Å². The number of imidazole rings is 1. The van der Waals surface area contributed by atoms with Crippen molar-refractivity contribution >= 4 is 0 Å². The van der Waals surface area contributed by atoms with E-state index in [2.05, 4.69) is 4.98 Å². The molecule has 7 heteroatoms. The summed E-state index contributed by atoms with van der Waals surface area (Å²) in [5.74, 6) is 0.287. The molecule has 0 unspecified atom stereocenters. The summed E-state index contributed by atoms with van der Waals surface area (Å²) >= 11 is 0. The van der Waals surface area contributed by atoms with E-state index >= 15 is 0 Å². The highest BCUT2D eigenvalue weighted by molar-refractivity contribution is 5.58. The van der Waals surface area contributed by atoms with Crippen LogP contribution in [0.1, 0.15) is 17.3 Å². The van der Waals surface area contributed by atoms with Crippen LogP contribution in [0.25, 0.3) is 11.4 Å². The van der Waals surface area contributed by atoms with Crippen molar-refractivity contribution in [3.8, 4) is 17.5 Å². The zero-order valence-corrected chi connectivity index (χ0v) is 11.8. The van der Waals surface area contributed by atoms with Crippen LogP contribution < -0.4 is 0 Å². The normalized spacial score (nSPS) is 16.3. The highest BCUT2D eigenvalue weighted by Gasteiger charge is 2.37. The van der Waals surface area contributed by atoms with Crippen LogP contribution in [0.2, 0.25) is 0 Å². The zero-order chi connectivity index (χ0) is 15.9. The van der Waals surface area contributed by atoms with E-state index in [1.54, 1.807) is 28.8 Å². The Bertz CT molecular complexity index is 719. The highest BCUT2D eigenvalue weighted by Crippen LogP contribution is 2.34. The van der Waals surface area contributed by atoms with E-state index in [1.807, 2.05) is 18.0 Å². The second-order valence-electron chi connectivity index (χ2n) is 5.42. The third-order valence-electron chi connectivity index (χ3n) is 3.73. The molecule has 0 amide bonds. The maximum Gasteiger partial charge on any atom is 0.434 e. The van der Waals surface area contributed by atoms with Crippen LogP contribution in [0.5, 0.6) is 0 Å². The number of likely N-dealkylation sites (N-methyl/N-ethyl adjacent to an activating group) is 1. The first-order valence-electron chi connectivity index (χ1n) is 6.73. The number of alkyl halides is 3. The van der Waals surface area contributed by atoms with E-state index in [0.717, 1.165) is 6.20 Å². The third-order valence-corrected chi connectivity index (χ3v) is 3.73. The number of halogens is 3. The summed E-state index contributed by atoms with van der Waals surface area (Å²) in [6, 6.07) is 8.38. The Labute approximate surface area is 125 Å². The van der Waals surface area contributed by atoms with Crippen molar-refractivity contribution in [2.75, 3.05) is 20.1 Å². The molecule has 0 saturated carbocycles. The summed E-state index contributed by atoms with van der Waals surface area (Å²) in [6.45, 7) is 1.38. The Hall–Kier alpha value is -2.33. The van der Waals surface area contributed by atoms with Gasteiger partial charge in [-0.15, -0.1) is 0 Å². The van der Waals surface area contributed by atoms with E-state index in [1.165, 1.54) is 0 Å². The van der Waals surface area contributed by atoms with Crippen LogP contribution in [0.4, 0.5) is 13.2 Å². The lowest BCUT2D eigenvalue weighted by atomic mass is 10.1. The molecule has 1 saturated heterocycles. The smallest absolute Gasteiger partial charge is 0.325 e. The minimum atomic E-state index is -4.47. The molecule has 3 rings (SSSR count). The van der Waals surface area contributed by atoms with Gasteiger partial charge in [0.15, 0.2) is 5.69 Å². The summed E-state index contributed by atoms with van der Waals surface area (Å²) < 4.78 is 40.4. The second-order valence-corrected chi connectivity index (χ2v) is 5.42. The average Bonchev–Trinajstić information content (AvgIpc) is 2.88. The van der Waals surface area contributed by atoms with E-state index in [-0.39, 0.29) is 11.9 Å². The van der Waals surface area contributed by atoms with Crippen molar-refractivity contribution in [1.82, 2.24) is 14.5 Å². The van der Waals surface area contributed by atoms with Crippen molar-refractivity contribution in [3.05, 3.63) is 41.7 Å². The van der Waals surface area contributed by atoms with Crippen LogP contribution in [0.3, 0.4) is 0 Å². The number of aromatic nitrogens is 2. The Morgan fingerprint density at radius 2 is 1.86 bits per heavy atom. The average molecular weight is 306 g/mol. The molecule has 1 aromatic carbocycles. The largest absolute Gasteiger partial charge is 0.434 e. The molecular formula is C15H13F3N4. The van der Waals surface area contributed by atoms with E-state index < -0.39 is 11.9 Å². The van der Waals surface area contributed by atoms with Gasteiger partial charge in [-0.25, -0.2) is 4.98 Å². The van der Waals surface area contributed by atoms with E-state index in [0.29, 0.717) is 24.2 Å². The molecule has 1 aliphatic heterocycles. The van der Waals surface area contributed by atoms with Crippen LogP contribution in [-0.2, 0) is 6.18 Å². The zero-order valence-electron chi connectivity index (χ0n) is 11.8. The molecule has 1 aliphatic rings. The van der Waals surface area contributed by atoms with Crippen LogP contribution >= 0.6 is 0 Å². The van der Waals surface area contributed by atoms with E-state index in [4.69, 9.17) is 5.26 Å². The maximum absolute atomic E-state index is 12.9. The number of nitrogens with zero attached hydrogens (tertiary/aromatic N) is 4. The van der Waals surface area contributed by atoms with Gasteiger partial charge < -0.3 is 9.47 Å². The van der Waals surface area contributed by atoms with Gasteiger partial charge in [0, 0.05) is 24.8 Å². The van der Waals surface area contributed by atoms with Crippen molar-refractivity contribution in [3.63, 3.8) is 0 Å².